The Labute approximate surface area is 177 Å². The van der Waals surface area contributed by atoms with Gasteiger partial charge in [-0.05, 0) is 42.9 Å². The van der Waals surface area contributed by atoms with Crippen LogP contribution in [-0.2, 0) is 24.5 Å². The van der Waals surface area contributed by atoms with Gasteiger partial charge in [-0.3, -0.25) is 9.59 Å². The van der Waals surface area contributed by atoms with E-state index in [0.717, 1.165) is 5.56 Å². The second-order valence-electron chi connectivity index (χ2n) is 9.40. The molecule has 166 valence electrons. The van der Waals surface area contributed by atoms with Crippen molar-refractivity contribution in [3.63, 3.8) is 0 Å². The van der Waals surface area contributed by atoms with Crippen molar-refractivity contribution < 1.29 is 34.4 Å². The number of hydrogen-bond donors (Lipinski definition) is 3. The Morgan fingerprint density at radius 3 is 2.37 bits per heavy atom. The Kier molecular flexibility index (Phi) is 5.67. The molecule has 3 N–H and O–H groups in total. The van der Waals surface area contributed by atoms with Gasteiger partial charge in [0.1, 0.15) is 18.0 Å². The quantitative estimate of drug-likeness (QED) is 0.644. The van der Waals surface area contributed by atoms with Crippen LogP contribution in [0.3, 0.4) is 0 Å². The van der Waals surface area contributed by atoms with Crippen molar-refractivity contribution in [2.45, 2.75) is 77.1 Å². The van der Waals surface area contributed by atoms with E-state index in [0.29, 0.717) is 24.0 Å². The molecule has 1 fully saturated rings. The minimum atomic E-state index is -1.26. The minimum Gasteiger partial charge on any atom is -0.508 e. The molecule has 2 aliphatic carbocycles. The van der Waals surface area contributed by atoms with Gasteiger partial charge in [0.15, 0.2) is 0 Å². The normalized spacial score (nSPS) is 35.4. The number of methoxy groups -OCH3 is 1. The van der Waals surface area contributed by atoms with Crippen LogP contribution in [-0.4, -0.2) is 46.6 Å². The van der Waals surface area contributed by atoms with Crippen LogP contribution in [0.15, 0.2) is 12.1 Å². The third-order valence-electron chi connectivity index (χ3n) is 7.25. The number of esters is 2. The zero-order valence-corrected chi connectivity index (χ0v) is 18.4. The number of carbonyl (C=O) groups excluding carboxylic acids is 2. The highest BCUT2D eigenvalue weighted by Crippen LogP contribution is 2.62. The molecule has 1 saturated carbocycles. The van der Waals surface area contributed by atoms with E-state index in [-0.39, 0.29) is 11.7 Å². The van der Waals surface area contributed by atoms with Crippen LogP contribution in [0.25, 0.3) is 0 Å². The zero-order valence-electron chi connectivity index (χ0n) is 18.4. The molecule has 3 rings (SSSR count). The van der Waals surface area contributed by atoms with Gasteiger partial charge < -0.3 is 24.8 Å². The third kappa shape index (κ3) is 3.10. The fourth-order valence-electron chi connectivity index (χ4n) is 5.76. The van der Waals surface area contributed by atoms with Gasteiger partial charge in [-0.1, -0.05) is 26.8 Å². The first-order valence-electron chi connectivity index (χ1n) is 10.4. The summed E-state index contributed by atoms with van der Waals surface area (Å²) >= 11 is 0. The summed E-state index contributed by atoms with van der Waals surface area (Å²) in [6.45, 7) is 8.65. The summed E-state index contributed by atoms with van der Waals surface area (Å²) in [5.74, 6) is -1.86. The lowest BCUT2D eigenvalue weighted by atomic mass is 9.47. The molecule has 0 spiro atoms. The van der Waals surface area contributed by atoms with Crippen LogP contribution in [0.4, 0.5) is 0 Å². The molecular weight excluding hydrogens is 388 g/mol. The van der Waals surface area contributed by atoms with Crippen molar-refractivity contribution in [3.05, 3.63) is 28.8 Å². The van der Waals surface area contributed by atoms with Crippen molar-refractivity contribution in [3.8, 4) is 5.75 Å². The third-order valence-corrected chi connectivity index (χ3v) is 7.25. The molecule has 1 aromatic carbocycles. The molecule has 6 atom stereocenters. The number of rotatable bonds is 3. The molecule has 0 saturated heterocycles. The fraction of sp³-hybridized carbons (Fsp3) is 0.652. The minimum absolute atomic E-state index is 0.0443. The van der Waals surface area contributed by atoms with Gasteiger partial charge in [-0.15, -0.1) is 0 Å². The van der Waals surface area contributed by atoms with E-state index in [4.69, 9.17) is 9.47 Å². The van der Waals surface area contributed by atoms with E-state index in [1.165, 1.54) is 14.0 Å². The molecule has 0 unspecified atom stereocenters. The number of ether oxygens (including phenoxy) is 2. The number of carbonyl (C=O) groups is 2. The number of fused-ring (bicyclic) bond motifs is 3. The van der Waals surface area contributed by atoms with Crippen molar-refractivity contribution in [2.75, 3.05) is 7.11 Å². The molecule has 0 bridgehead atoms. The summed E-state index contributed by atoms with van der Waals surface area (Å²) in [4.78, 5) is 24.8. The average molecular weight is 421 g/mol. The van der Waals surface area contributed by atoms with Gasteiger partial charge >= 0.3 is 11.9 Å². The summed E-state index contributed by atoms with van der Waals surface area (Å²) in [5, 5.41) is 33.5. The second-order valence-corrected chi connectivity index (χ2v) is 9.40. The van der Waals surface area contributed by atoms with Crippen molar-refractivity contribution in [2.24, 2.45) is 11.3 Å². The monoisotopic (exact) mass is 420 g/mol. The number of phenols is 1. The maximum Gasteiger partial charge on any atom is 0.311 e. The first-order valence-corrected chi connectivity index (χ1v) is 10.4. The van der Waals surface area contributed by atoms with Crippen molar-refractivity contribution in [1.82, 2.24) is 0 Å². The molecule has 1 aromatic rings. The van der Waals surface area contributed by atoms with Gasteiger partial charge in [0.2, 0.25) is 0 Å². The summed E-state index contributed by atoms with van der Waals surface area (Å²) in [6, 6.07) is 3.43. The lowest BCUT2D eigenvalue weighted by molar-refractivity contribution is -0.199. The van der Waals surface area contributed by atoms with E-state index in [9.17, 15) is 24.9 Å². The molecule has 2 aliphatic rings. The number of aliphatic hydroxyl groups excluding tert-OH is 2. The molecule has 7 heteroatoms. The summed E-state index contributed by atoms with van der Waals surface area (Å²) in [5.41, 5.74) is -0.651. The number of phenolic OH excluding ortho intramolecular Hbond substituents is 1. The second kappa shape index (κ2) is 7.54. The van der Waals surface area contributed by atoms with E-state index in [1.807, 2.05) is 13.8 Å². The molecule has 7 nitrogen and oxygen atoms in total. The zero-order chi connectivity index (χ0) is 22.6. The van der Waals surface area contributed by atoms with Gasteiger partial charge in [0.25, 0.3) is 0 Å². The summed E-state index contributed by atoms with van der Waals surface area (Å²) in [6.07, 6.45) is -2.67. The lowest BCUT2D eigenvalue weighted by Crippen LogP contribution is -2.64. The Morgan fingerprint density at radius 1 is 1.20 bits per heavy atom. The van der Waals surface area contributed by atoms with Gasteiger partial charge in [0.05, 0.1) is 18.6 Å². The molecule has 0 radical (unpaired) electrons. The Morgan fingerprint density at radius 2 is 1.83 bits per heavy atom. The molecule has 0 heterocycles. The smallest absolute Gasteiger partial charge is 0.311 e. The van der Waals surface area contributed by atoms with Gasteiger partial charge in [0, 0.05) is 23.8 Å². The number of aliphatic hydroxyl groups is 2. The van der Waals surface area contributed by atoms with Crippen LogP contribution in [0.5, 0.6) is 5.75 Å². The highest BCUT2D eigenvalue weighted by atomic mass is 16.6. The summed E-state index contributed by atoms with van der Waals surface area (Å²) < 4.78 is 10.7. The molecule has 30 heavy (non-hydrogen) atoms. The van der Waals surface area contributed by atoms with Gasteiger partial charge in [-0.2, -0.15) is 0 Å². The molecule has 0 aromatic heterocycles. The van der Waals surface area contributed by atoms with E-state index in [2.05, 4.69) is 0 Å². The van der Waals surface area contributed by atoms with Crippen LogP contribution in [0.1, 0.15) is 76.2 Å². The maximum absolute atomic E-state index is 12.9. The highest BCUT2D eigenvalue weighted by molar-refractivity contribution is 5.78. The van der Waals surface area contributed by atoms with E-state index in [1.54, 1.807) is 26.0 Å². The Hall–Kier alpha value is -2.12. The van der Waals surface area contributed by atoms with Crippen LogP contribution >= 0.6 is 0 Å². The predicted octanol–water partition coefficient (Wildman–Crippen LogP) is 2.70. The van der Waals surface area contributed by atoms with Crippen molar-refractivity contribution >= 4 is 11.9 Å². The van der Waals surface area contributed by atoms with Crippen LogP contribution < -0.4 is 0 Å². The molecule has 0 amide bonds. The fourth-order valence-corrected chi connectivity index (χ4v) is 5.76. The van der Waals surface area contributed by atoms with Gasteiger partial charge in [-0.25, -0.2) is 0 Å². The van der Waals surface area contributed by atoms with Crippen molar-refractivity contribution in [1.29, 1.82) is 0 Å². The average Bonchev–Trinajstić information content (AvgIpc) is 2.67. The SMILES string of the molecule is COC(=O)[C@]1(C)CC[C@@H](O)[C@@]2(C)c3c(O)cc(C(C)C)cc3[C@@H](O)[C@@H](OC(C)=O)[C@H]21. The standard InChI is InChI=1S/C23H32O7/c1-11(2)13-9-14-17(15(25)10-13)23(5)16(26)7-8-22(4,21(28)29-6)20(23)19(18(14)27)30-12(3)24/h9-11,16,18-20,25-27H,7-8H2,1-6H3/t16-,18-,19-,20+,22-,23+/m1/s1. The maximum atomic E-state index is 12.9. The van der Waals surface area contributed by atoms with Crippen LogP contribution in [0, 0.1) is 11.3 Å². The predicted molar refractivity (Wildman–Crippen MR) is 109 cm³/mol. The lowest BCUT2D eigenvalue weighted by Gasteiger charge is -2.59. The largest absolute Gasteiger partial charge is 0.508 e. The highest BCUT2D eigenvalue weighted by Gasteiger charge is 2.66. The first-order chi connectivity index (χ1) is 13.9. The molecule has 0 aliphatic heterocycles. The Bertz CT molecular complexity index is 863. The number of benzene rings is 1. The first kappa shape index (κ1) is 22.6. The number of hydrogen-bond acceptors (Lipinski definition) is 7. The topological polar surface area (TPSA) is 113 Å². The Balaban J connectivity index is 2.35. The molecular formula is C23H32O7. The van der Waals surface area contributed by atoms with E-state index >= 15 is 0 Å². The number of aromatic hydroxyl groups is 1. The summed E-state index contributed by atoms with van der Waals surface area (Å²) in [7, 11) is 1.29. The van der Waals surface area contributed by atoms with E-state index < -0.39 is 47.0 Å². The van der Waals surface area contributed by atoms with Crippen LogP contribution in [0.2, 0.25) is 0 Å².